The molecule has 3 heterocycles. The second-order valence-electron chi connectivity index (χ2n) is 12.4. The van der Waals surface area contributed by atoms with E-state index in [1.165, 1.54) is 31.3 Å². The van der Waals surface area contributed by atoms with Gasteiger partial charge in [0.05, 0.1) is 0 Å². The van der Waals surface area contributed by atoms with Crippen LogP contribution in [-0.4, -0.2) is 15.0 Å². The van der Waals surface area contributed by atoms with Crippen LogP contribution in [0.4, 0.5) is 0 Å². The van der Waals surface area contributed by atoms with Crippen molar-refractivity contribution in [1.29, 1.82) is 0 Å². The normalized spacial score (nSPS) is 11.6. The second-order valence-corrected chi connectivity index (χ2v) is 13.5. The van der Waals surface area contributed by atoms with Crippen molar-refractivity contribution in [2.24, 2.45) is 0 Å². The topological polar surface area (TPSA) is 51.8 Å². The van der Waals surface area contributed by atoms with E-state index in [-0.39, 0.29) is 0 Å². The van der Waals surface area contributed by atoms with Gasteiger partial charge >= 0.3 is 0 Å². The minimum atomic E-state index is 0.596. The van der Waals surface area contributed by atoms with Crippen LogP contribution in [-0.2, 0) is 0 Å². The van der Waals surface area contributed by atoms with Crippen molar-refractivity contribution in [3.05, 3.63) is 164 Å². The summed E-state index contributed by atoms with van der Waals surface area (Å²) in [5.41, 5.74) is 9.02. The van der Waals surface area contributed by atoms with Gasteiger partial charge in [0, 0.05) is 47.6 Å². The van der Waals surface area contributed by atoms with Crippen LogP contribution >= 0.6 is 11.3 Å². The highest BCUT2D eigenvalue weighted by Gasteiger charge is 2.15. The summed E-state index contributed by atoms with van der Waals surface area (Å²) < 4.78 is 8.84. The van der Waals surface area contributed by atoms with Crippen LogP contribution in [0.15, 0.2) is 168 Å². The molecule has 5 heteroatoms. The molecule has 0 unspecified atom stereocenters. The van der Waals surface area contributed by atoms with Gasteiger partial charge in [0.1, 0.15) is 11.2 Å². The molecule has 0 N–H and O–H groups in total. The SMILES string of the molecule is c1ccc(-c2ccc(-c3nc(-c4ccc(-c5ccc6sc7ccccc7c6c5)cc4)nc(-c4ccc5c(c4)oc4ccccc45)n3)cc2)cc1. The first-order chi connectivity index (χ1) is 24.7. The first kappa shape index (κ1) is 28.6. The molecule has 0 saturated carbocycles. The number of rotatable bonds is 5. The zero-order valence-electron chi connectivity index (χ0n) is 26.7. The van der Waals surface area contributed by atoms with Gasteiger partial charge < -0.3 is 4.42 Å². The van der Waals surface area contributed by atoms with Crippen molar-refractivity contribution in [2.45, 2.75) is 0 Å². The third-order valence-electron chi connectivity index (χ3n) is 9.38. The zero-order valence-corrected chi connectivity index (χ0v) is 27.6. The third-order valence-corrected chi connectivity index (χ3v) is 10.5. The number of aromatic nitrogens is 3. The number of thiophene rings is 1. The molecule has 0 spiro atoms. The standard InChI is InChI=1S/C45H27N3OS/c1-2-8-28(9-3-1)29-14-18-31(19-15-29)43-46-44(48-45(47-43)34-22-24-36-35-10-4-6-12-39(35)49-40(36)27-34)32-20-16-30(17-21-32)33-23-25-42-38(26-33)37-11-5-7-13-41(37)50-42/h1-27H. The van der Waals surface area contributed by atoms with Crippen LogP contribution in [0.2, 0.25) is 0 Å². The van der Waals surface area contributed by atoms with Gasteiger partial charge in [-0.3, -0.25) is 0 Å². The Morgan fingerprint density at radius 3 is 1.56 bits per heavy atom. The molecule has 0 bridgehead atoms. The van der Waals surface area contributed by atoms with Gasteiger partial charge in [-0.05, 0) is 58.7 Å². The van der Waals surface area contributed by atoms with Crippen LogP contribution in [0, 0.1) is 0 Å². The molecular weight excluding hydrogens is 631 g/mol. The molecule has 0 radical (unpaired) electrons. The summed E-state index contributed by atoms with van der Waals surface area (Å²) >= 11 is 1.84. The number of hydrogen-bond acceptors (Lipinski definition) is 5. The van der Waals surface area contributed by atoms with Crippen molar-refractivity contribution in [2.75, 3.05) is 0 Å². The predicted molar refractivity (Wildman–Crippen MR) is 207 cm³/mol. The lowest BCUT2D eigenvalue weighted by molar-refractivity contribution is 0.669. The second kappa shape index (κ2) is 11.6. The molecule has 0 aliphatic rings. The van der Waals surface area contributed by atoms with E-state index in [1.54, 1.807) is 0 Å². The lowest BCUT2D eigenvalue weighted by Gasteiger charge is -2.10. The lowest BCUT2D eigenvalue weighted by atomic mass is 10.0. The Morgan fingerprint density at radius 1 is 0.320 bits per heavy atom. The fourth-order valence-corrected chi connectivity index (χ4v) is 7.87. The summed E-state index contributed by atoms with van der Waals surface area (Å²) in [7, 11) is 0. The minimum Gasteiger partial charge on any atom is -0.456 e. The summed E-state index contributed by atoms with van der Waals surface area (Å²) in [6.07, 6.45) is 0. The van der Waals surface area contributed by atoms with Gasteiger partial charge in [-0.25, -0.2) is 15.0 Å². The van der Waals surface area contributed by atoms with Gasteiger partial charge in [-0.1, -0.05) is 127 Å². The minimum absolute atomic E-state index is 0.596. The summed E-state index contributed by atoms with van der Waals surface area (Å²) in [6.45, 7) is 0. The van der Waals surface area contributed by atoms with Crippen molar-refractivity contribution in [1.82, 2.24) is 15.0 Å². The number of para-hydroxylation sites is 1. The summed E-state index contributed by atoms with van der Waals surface area (Å²) in [4.78, 5) is 15.1. The Labute approximate surface area is 292 Å². The number of fused-ring (bicyclic) bond motifs is 6. The monoisotopic (exact) mass is 657 g/mol. The highest BCUT2D eigenvalue weighted by Crippen LogP contribution is 2.37. The number of benzene rings is 7. The largest absolute Gasteiger partial charge is 0.456 e. The van der Waals surface area contributed by atoms with E-state index < -0.39 is 0 Å². The van der Waals surface area contributed by atoms with Gasteiger partial charge in [-0.2, -0.15) is 0 Å². The van der Waals surface area contributed by atoms with Gasteiger partial charge in [0.2, 0.25) is 0 Å². The lowest BCUT2D eigenvalue weighted by Crippen LogP contribution is -2.00. The van der Waals surface area contributed by atoms with E-state index in [4.69, 9.17) is 19.4 Å². The van der Waals surface area contributed by atoms with E-state index in [9.17, 15) is 0 Å². The molecule has 0 fully saturated rings. The third kappa shape index (κ3) is 4.95. The predicted octanol–water partition coefficient (Wildman–Crippen LogP) is 12.5. The maximum atomic E-state index is 6.23. The smallest absolute Gasteiger partial charge is 0.164 e. The number of furan rings is 1. The Morgan fingerprint density at radius 2 is 0.820 bits per heavy atom. The van der Waals surface area contributed by atoms with E-state index in [1.807, 2.05) is 41.7 Å². The molecule has 7 aromatic carbocycles. The highest BCUT2D eigenvalue weighted by atomic mass is 32.1. The van der Waals surface area contributed by atoms with Crippen LogP contribution in [0.5, 0.6) is 0 Å². The first-order valence-corrected chi connectivity index (χ1v) is 17.4. The van der Waals surface area contributed by atoms with Gasteiger partial charge in [-0.15, -0.1) is 11.3 Å². The molecule has 10 rings (SSSR count). The highest BCUT2D eigenvalue weighted by molar-refractivity contribution is 7.25. The van der Waals surface area contributed by atoms with Crippen LogP contribution < -0.4 is 0 Å². The van der Waals surface area contributed by atoms with Crippen molar-refractivity contribution in [3.63, 3.8) is 0 Å². The zero-order chi connectivity index (χ0) is 33.0. The van der Waals surface area contributed by atoms with E-state index in [0.29, 0.717) is 17.5 Å². The van der Waals surface area contributed by atoms with E-state index in [2.05, 4.69) is 133 Å². The van der Waals surface area contributed by atoms with E-state index in [0.717, 1.165) is 49.8 Å². The molecule has 3 aromatic heterocycles. The first-order valence-electron chi connectivity index (χ1n) is 16.6. The summed E-state index contributed by atoms with van der Waals surface area (Å²) in [5, 5.41) is 4.75. The molecular formula is C45H27N3OS. The molecule has 0 saturated heterocycles. The maximum absolute atomic E-state index is 6.23. The van der Waals surface area contributed by atoms with E-state index >= 15 is 0 Å². The molecule has 0 atom stereocenters. The maximum Gasteiger partial charge on any atom is 0.164 e. The fourth-order valence-electron chi connectivity index (χ4n) is 6.79. The molecule has 0 amide bonds. The Bertz CT molecular complexity index is 2850. The molecule has 0 aliphatic carbocycles. The molecule has 50 heavy (non-hydrogen) atoms. The van der Waals surface area contributed by atoms with Crippen molar-refractivity contribution < 1.29 is 4.42 Å². The van der Waals surface area contributed by atoms with Crippen LogP contribution in [0.1, 0.15) is 0 Å². The van der Waals surface area contributed by atoms with Gasteiger partial charge in [0.25, 0.3) is 0 Å². The Hall–Kier alpha value is -6.43. The van der Waals surface area contributed by atoms with Crippen molar-refractivity contribution in [3.8, 4) is 56.4 Å². The van der Waals surface area contributed by atoms with Gasteiger partial charge in [0.15, 0.2) is 17.5 Å². The Balaban J connectivity index is 1.07. The summed E-state index contributed by atoms with van der Waals surface area (Å²) in [5.74, 6) is 1.83. The van der Waals surface area contributed by atoms with Crippen LogP contribution in [0.25, 0.3) is 98.5 Å². The molecule has 4 nitrogen and oxygen atoms in total. The fraction of sp³-hybridized carbons (Fsp3) is 0. The molecule has 0 aliphatic heterocycles. The average Bonchev–Trinajstić information content (AvgIpc) is 3.76. The number of nitrogens with zero attached hydrogens (tertiary/aromatic N) is 3. The number of hydrogen-bond donors (Lipinski definition) is 0. The summed E-state index contributed by atoms with van der Waals surface area (Å²) in [6, 6.07) is 57.0. The Kier molecular flexibility index (Phi) is 6.64. The quantitative estimate of drug-likeness (QED) is 0.185. The van der Waals surface area contributed by atoms with Crippen molar-refractivity contribution >= 4 is 53.4 Å². The average molecular weight is 658 g/mol. The molecule has 234 valence electrons. The van der Waals surface area contributed by atoms with Crippen LogP contribution in [0.3, 0.4) is 0 Å². The molecule has 10 aromatic rings.